The molecule has 0 saturated carbocycles. The molecule has 2 N–H and O–H groups in total. The standard InChI is InChI=1S/C22H23BrN4O3S/c23-14-6-4-13(5-7-14)17-18-15(2-1-3-16(18)28)24-20-19(17)21(29)26-22(25-20)31-12-27-8-10-30-11-9-27/h4-7,17H,1-3,8-12H2,(H2,24,25,26,29)/t17-/m1/s1. The summed E-state index contributed by atoms with van der Waals surface area (Å²) >= 11 is 4.99. The molecule has 0 amide bonds. The van der Waals surface area contributed by atoms with E-state index in [1.54, 1.807) is 0 Å². The van der Waals surface area contributed by atoms with Crippen molar-refractivity contribution in [3.8, 4) is 0 Å². The second-order valence-corrected chi connectivity index (χ2v) is 9.76. The van der Waals surface area contributed by atoms with Crippen molar-refractivity contribution < 1.29 is 9.53 Å². The first-order valence-corrected chi connectivity index (χ1v) is 12.2. The third-order valence-electron chi connectivity index (χ3n) is 5.93. The minimum atomic E-state index is -0.401. The number of rotatable bonds is 4. The van der Waals surface area contributed by atoms with Gasteiger partial charge in [-0.05, 0) is 30.5 Å². The maximum absolute atomic E-state index is 13.2. The van der Waals surface area contributed by atoms with Crippen molar-refractivity contribution in [2.24, 2.45) is 0 Å². The monoisotopic (exact) mass is 502 g/mol. The molecule has 7 nitrogen and oxygen atoms in total. The molecule has 162 valence electrons. The molecule has 1 atom stereocenters. The Hall–Kier alpha value is -1.94. The highest BCUT2D eigenvalue weighted by Gasteiger charge is 2.37. The molecule has 9 heteroatoms. The van der Waals surface area contributed by atoms with Gasteiger partial charge < -0.3 is 15.0 Å². The van der Waals surface area contributed by atoms with E-state index in [9.17, 15) is 9.59 Å². The first-order valence-electron chi connectivity index (χ1n) is 10.5. The van der Waals surface area contributed by atoms with Crippen molar-refractivity contribution in [3.63, 3.8) is 0 Å². The summed E-state index contributed by atoms with van der Waals surface area (Å²) in [7, 11) is 0. The van der Waals surface area contributed by atoms with Gasteiger partial charge in [-0.15, -0.1) is 0 Å². The van der Waals surface area contributed by atoms with Crippen LogP contribution in [0.3, 0.4) is 0 Å². The summed E-state index contributed by atoms with van der Waals surface area (Å²) in [6.07, 6.45) is 2.12. The van der Waals surface area contributed by atoms with Gasteiger partial charge >= 0.3 is 0 Å². The average Bonchev–Trinajstić information content (AvgIpc) is 2.78. The van der Waals surface area contributed by atoms with E-state index in [-0.39, 0.29) is 11.3 Å². The highest BCUT2D eigenvalue weighted by Crippen LogP contribution is 2.43. The number of thioether (sulfide) groups is 1. The highest BCUT2D eigenvalue weighted by atomic mass is 79.9. The second kappa shape index (κ2) is 8.90. The average molecular weight is 503 g/mol. The highest BCUT2D eigenvalue weighted by molar-refractivity contribution is 9.10. The number of benzene rings is 1. The Morgan fingerprint density at radius 2 is 1.94 bits per heavy atom. The van der Waals surface area contributed by atoms with Crippen molar-refractivity contribution in [1.29, 1.82) is 0 Å². The van der Waals surface area contributed by atoms with Gasteiger partial charge in [0.05, 0.1) is 24.7 Å². The fourth-order valence-corrected chi connectivity index (χ4v) is 5.53. The number of carbonyl (C=O) groups excluding carboxylic acids is 1. The lowest BCUT2D eigenvalue weighted by Gasteiger charge is -2.33. The summed E-state index contributed by atoms with van der Waals surface area (Å²) in [6.45, 7) is 3.22. The minimum Gasteiger partial charge on any atom is -0.379 e. The number of aromatic nitrogens is 2. The predicted octanol–water partition coefficient (Wildman–Crippen LogP) is 3.48. The van der Waals surface area contributed by atoms with E-state index in [2.05, 4.69) is 31.1 Å². The molecule has 0 spiro atoms. The zero-order chi connectivity index (χ0) is 21.4. The number of ketones is 1. The van der Waals surface area contributed by atoms with Gasteiger partial charge in [-0.25, -0.2) is 4.98 Å². The van der Waals surface area contributed by atoms with Gasteiger partial charge in [0.25, 0.3) is 5.56 Å². The number of ether oxygens (including phenoxy) is 1. The Balaban J connectivity index is 1.52. The van der Waals surface area contributed by atoms with Gasteiger partial charge in [0.15, 0.2) is 10.9 Å². The van der Waals surface area contributed by atoms with Crippen molar-refractivity contribution in [2.75, 3.05) is 37.5 Å². The summed E-state index contributed by atoms with van der Waals surface area (Å²) in [6, 6.07) is 7.82. The molecule has 1 aromatic heterocycles. The largest absolute Gasteiger partial charge is 0.379 e. The topological polar surface area (TPSA) is 87.3 Å². The molecule has 0 bridgehead atoms. The number of aromatic amines is 1. The van der Waals surface area contributed by atoms with Crippen LogP contribution in [0.5, 0.6) is 0 Å². The molecule has 1 aliphatic carbocycles. The van der Waals surface area contributed by atoms with Crippen molar-refractivity contribution in [2.45, 2.75) is 30.3 Å². The SMILES string of the molecule is O=C1CCCC2=C1[C@@H](c1ccc(Br)cc1)c1c(nc(SCN3CCOCC3)[nH]c1=O)N2. The Morgan fingerprint density at radius 1 is 1.16 bits per heavy atom. The fraction of sp³-hybridized carbons (Fsp3) is 0.409. The zero-order valence-electron chi connectivity index (χ0n) is 16.9. The number of fused-ring (bicyclic) bond motifs is 1. The molecular weight excluding hydrogens is 480 g/mol. The maximum Gasteiger partial charge on any atom is 0.257 e. The van der Waals surface area contributed by atoms with E-state index in [0.29, 0.717) is 28.5 Å². The maximum atomic E-state index is 13.2. The number of nitrogens with zero attached hydrogens (tertiary/aromatic N) is 2. The number of hydrogen-bond donors (Lipinski definition) is 2. The van der Waals surface area contributed by atoms with Gasteiger partial charge in [0, 0.05) is 41.2 Å². The molecule has 3 aliphatic rings. The molecular formula is C22H23BrN4O3S. The summed E-state index contributed by atoms with van der Waals surface area (Å²) < 4.78 is 6.35. The zero-order valence-corrected chi connectivity index (χ0v) is 19.4. The molecule has 5 rings (SSSR count). The molecule has 31 heavy (non-hydrogen) atoms. The van der Waals surface area contributed by atoms with E-state index in [4.69, 9.17) is 9.72 Å². The smallest absolute Gasteiger partial charge is 0.257 e. The van der Waals surface area contributed by atoms with Gasteiger partial charge in [-0.1, -0.05) is 39.8 Å². The second-order valence-electron chi connectivity index (χ2n) is 7.92. The van der Waals surface area contributed by atoms with Crippen LogP contribution in [-0.4, -0.2) is 52.8 Å². The van der Waals surface area contributed by atoms with Crippen molar-refractivity contribution in [3.05, 3.63) is 61.5 Å². The lowest BCUT2D eigenvalue weighted by Crippen LogP contribution is -2.36. The van der Waals surface area contributed by atoms with Crippen LogP contribution in [0.15, 0.2) is 50.0 Å². The number of allylic oxidation sites excluding steroid dienone is 2. The molecule has 2 aromatic rings. The van der Waals surface area contributed by atoms with Crippen LogP contribution in [0.1, 0.15) is 36.3 Å². The molecule has 3 heterocycles. The van der Waals surface area contributed by atoms with Crippen molar-refractivity contribution in [1.82, 2.24) is 14.9 Å². The van der Waals surface area contributed by atoms with E-state index in [0.717, 1.165) is 60.8 Å². The number of anilines is 1. The first-order chi connectivity index (χ1) is 15.1. The lowest BCUT2D eigenvalue weighted by atomic mass is 9.76. The van der Waals surface area contributed by atoms with Gasteiger partial charge in [0.1, 0.15) is 5.82 Å². The molecule has 1 aromatic carbocycles. The number of H-pyrrole nitrogens is 1. The Bertz CT molecular complexity index is 1090. The van der Waals surface area contributed by atoms with E-state index in [1.807, 2.05) is 24.3 Å². The van der Waals surface area contributed by atoms with Crippen LogP contribution in [0, 0.1) is 0 Å². The van der Waals surface area contributed by atoms with Crippen LogP contribution in [-0.2, 0) is 9.53 Å². The third kappa shape index (κ3) is 4.24. The normalized spacial score (nSPS) is 21.5. The fourth-order valence-electron chi connectivity index (χ4n) is 4.38. The molecule has 0 radical (unpaired) electrons. The number of Topliss-reactive ketones (excluding diaryl/α,β-unsaturated/α-hetero) is 1. The quantitative estimate of drug-likeness (QED) is 0.488. The summed E-state index contributed by atoms with van der Waals surface area (Å²) in [5.74, 6) is 1.02. The number of halogens is 1. The number of morpholine rings is 1. The van der Waals surface area contributed by atoms with Crippen LogP contribution in [0.25, 0.3) is 0 Å². The van der Waals surface area contributed by atoms with Crippen LogP contribution in [0.2, 0.25) is 0 Å². The van der Waals surface area contributed by atoms with Crippen LogP contribution >= 0.6 is 27.7 Å². The minimum absolute atomic E-state index is 0.109. The summed E-state index contributed by atoms with van der Waals surface area (Å²) in [4.78, 5) is 36.1. The van der Waals surface area contributed by atoms with Crippen LogP contribution in [0.4, 0.5) is 5.82 Å². The Morgan fingerprint density at radius 3 is 2.71 bits per heavy atom. The van der Waals surface area contributed by atoms with E-state index < -0.39 is 5.92 Å². The predicted molar refractivity (Wildman–Crippen MR) is 123 cm³/mol. The van der Waals surface area contributed by atoms with Crippen molar-refractivity contribution >= 4 is 39.3 Å². The van der Waals surface area contributed by atoms with Gasteiger partial charge in [-0.2, -0.15) is 0 Å². The molecule has 2 aliphatic heterocycles. The van der Waals surface area contributed by atoms with Gasteiger partial charge in [-0.3, -0.25) is 14.5 Å². The summed E-state index contributed by atoms with van der Waals surface area (Å²) in [5.41, 5.74) is 2.86. The van der Waals surface area contributed by atoms with E-state index in [1.165, 1.54) is 11.8 Å². The van der Waals surface area contributed by atoms with Gasteiger partial charge in [0.2, 0.25) is 0 Å². The first kappa shape index (κ1) is 20.9. The number of carbonyl (C=O) groups is 1. The number of hydrogen-bond acceptors (Lipinski definition) is 7. The Labute approximate surface area is 192 Å². The Kier molecular flexibility index (Phi) is 6.01. The summed E-state index contributed by atoms with van der Waals surface area (Å²) in [5, 5.41) is 3.92. The number of nitrogens with one attached hydrogen (secondary N) is 2. The molecule has 1 saturated heterocycles. The third-order valence-corrected chi connectivity index (χ3v) is 7.42. The molecule has 1 fully saturated rings. The van der Waals surface area contributed by atoms with Crippen LogP contribution < -0.4 is 10.9 Å². The van der Waals surface area contributed by atoms with E-state index >= 15 is 0 Å². The lowest BCUT2D eigenvalue weighted by molar-refractivity contribution is -0.116. The molecule has 0 unspecified atom stereocenters.